The van der Waals surface area contributed by atoms with Crippen LogP contribution in [0.3, 0.4) is 0 Å². The first kappa shape index (κ1) is 26.1. The normalized spacial score (nSPS) is 16.9. The molecule has 1 aliphatic heterocycles. The number of nitrogens with zero attached hydrogens (tertiary/aromatic N) is 2. The number of sulfone groups is 1. The van der Waals surface area contributed by atoms with Crippen LogP contribution in [0.2, 0.25) is 0 Å². The summed E-state index contributed by atoms with van der Waals surface area (Å²) in [5, 5.41) is 6.31. The van der Waals surface area contributed by atoms with E-state index in [2.05, 4.69) is 15.6 Å². The number of sulfonamides is 1. The molecule has 0 aliphatic carbocycles. The van der Waals surface area contributed by atoms with E-state index in [1.165, 1.54) is 10.6 Å². The van der Waals surface area contributed by atoms with Crippen molar-refractivity contribution in [2.75, 3.05) is 32.1 Å². The van der Waals surface area contributed by atoms with Crippen molar-refractivity contribution in [1.29, 1.82) is 0 Å². The van der Waals surface area contributed by atoms with Crippen LogP contribution in [0.5, 0.6) is 0 Å². The van der Waals surface area contributed by atoms with Crippen LogP contribution in [0.1, 0.15) is 31.7 Å². The molecule has 0 radical (unpaired) electrons. The molecule has 0 spiro atoms. The van der Waals surface area contributed by atoms with Gasteiger partial charge in [-0.3, -0.25) is 4.99 Å². The van der Waals surface area contributed by atoms with E-state index < -0.39 is 19.9 Å². The predicted octanol–water partition coefficient (Wildman–Crippen LogP) is 1.58. The van der Waals surface area contributed by atoms with Crippen molar-refractivity contribution in [1.82, 2.24) is 14.9 Å². The van der Waals surface area contributed by atoms with Gasteiger partial charge in [0.1, 0.15) is 9.84 Å². The minimum atomic E-state index is -3.40. The summed E-state index contributed by atoms with van der Waals surface area (Å²) < 4.78 is 49.2. The Morgan fingerprint density at radius 3 is 2.24 bits per heavy atom. The van der Waals surface area contributed by atoms with Crippen LogP contribution in [0, 0.1) is 0 Å². The molecule has 166 valence electrons. The van der Waals surface area contributed by atoms with Crippen LogP contribution in [-0.2, 0) is 26.4 Å². The Kier molecular flexibility index (Phi) is 10.3. The zero-order valence-corrected chi connectivity index (χ0v) is 21.1. The first-order valence-electron chi connectivity index (χ1n) is 9.36. The van der Waals surface area contributed by atoms with Crippen LogP contribution >= 0.6 is 24.0 Å². The number of hydrogen-bond acceptors (Lipinski definition) is 5. The van der Waals surface area contributed by atoms with Crippen LogP contribution in [0.15, 0.2) is 34.2 Å². The Balaban J connectivity index is 0.00000420. The SMILES string of the molecule is CN=C(NCc1ccc(S(=O)(=O)N2CCCC2)cc1)NC(C)CCS(C)(=O)=O.I. The van der Waals surface area contributed by atoms with Gasteiger partial charge in [0, 0.05) is 39.0 Å². The second-order valence-electron chi connectivity index (χ2n) is 7.14. The Morgan fingerprint density at radius 2 is 1.72 bits per heavy atom. The van der Waals surface area contributed by atoms with Gasteiger partial charge in [0.05, 0.1) is 10.6 Å². The summed E-state index contributed by atoms with van der Waals surface area (Å²) in [6.45, 7) is 3.55. The van der Waals surface area contributed by atoms with Gasteiger partial charge in [-0.15, -0.1) is 24.0 Å². The van der Waals surface area contributed by atoms with Gasteiger partial charge in [0.15, 0.2) is 5.96 Å². The van der Waals surface area contributed by atoms with Gasteiger partial charge >= 0.3 is 0 Å². The van der Waals surface area contributed by atoms with E-state index in [1.54, 1.807) is 31.3 Å². The second-order valence-corrected chi connectivity index (χ2v) is 11.3. The van der Waals surface area contributed by atoms with Gasteiger partial charge in [-0.05, 0) is 43.9 Å². The first-order valence-corrected chi connectivity index (χ1v) is 12.9. The van der Waals surface area contributed by atoms with Crippen LogP contribution in [0.25, 0.3) is 0 Å². The van der Waals surface area contributed by atoms with Crippen LogP contribution in [0.4, 0.5) is 0 Å². The molecule has 2 N–H and O–H groups in total. The standard InChI is InChI=1S/C18H30N4O4S2.HI/c1-15(10-13-27(3,23)24)21-18(19-2)20-14-16-6-8-17(9-7-16)28(25,26)22-11-4-5-12-22;/h6-9,15H,4-5,10-14H2,1-3H3,(H2,19,20,21);1H. The zero-order valence-electron chi connectivity index (χ0n) is 17.1. The molecule has 1 unspecified atom stereocenters. The summed E-state index contributed by atoms with van der Waals surface area (Å²) >= 11 is 0. The van der Waals surface area contributed by atoms with Gasteiger partial charge in [-0.2, -0.15) is 4.31 Å². The van der Waals surface area contributed by atoms with Crippen molar-refractivity contribution in [3.8, 4) is 0 Å². The summed E-state index contributed by atoms with van der Waals surface area (Å²) in [6.07, 6.45) is 3.54. The number of benzene rings is 1. The van der Waals surface area contributed by atoms with Crippen LogP contribution < -0.4 is 10.6 Å². The third-order valence-electron chi connectivity index (χ3n) is 4.61. The zero-order chi connectivity index (χ0) is 20.8. The minimum absolute atomic E-state index is 0. The number of nitrogens with one attached hydrogen (secondary N) is 2. The molecule has 2 rings (SSSR count). The number of aliphatic imine (C=N–C) groups is 1. The lowest BCUT2D eigenvalue weighted by atomic mass is 10.2. The fraction of sp³-hybridized carbons (Fsp3) is 0.611. The van der Waals surface area contributed by atoms with E-state index in [0.717, 1.165) is 18.4 Å². The first-order chi connectivity index (χ1) is 13.1. The van der Waals surface area contributed by atoms with Gasteiger partial charge in [0.25, 0.3) is 0 Å². The molecule has 29 heavy (non-hydrogen) atoms. The van der Waals surface area contributed by atoms with Gasteiger partial charge in [0.2, 0.25) is 10.0 Å². The number of rotatable bonds is 8. The third-order valence-corrected chi connectivity index (χ3v) is 7.50. The second kappa shape index (κ2) is 11.5. The predicted molar refractivity (Wildman–Crippen MR) is 127 cm³/mol. The van der Waals surface area contributed by atoms with Crippen molar-refractivity contribution in [2.45, 2.75) is 43.7 Å². The lowest BCUT2D eigenvalue weighted by molar-refractivity contribution is 0.477. The minimum Gasteiger partial charge on any atom is -0.354 e. The molecule has 0 amide bonds. The fourth-order valence-corrected chi connectivity index (χ4v) is 5.23. The molecular formula is C18H31IN4O4S2. The van der Waals surface area contributed by atoms with E-state index in [0.29, 0.717) is 36.9 Å². The van der Waals surface area contributed by atoms with Gasteiger partial charge in [-0.25, -0.2) is 16.8 Å². The number of halogens is 1. The topological polar surface area (TPSA) is 108 Å². The van der Waals surface area contributed by atoms with E-state index in [4.69, 9.17) is 0 Å². The van der Waals surface area contributed by atoms with Crippen molar-refractivity contribution in [3.05, 3.63) is 29.8 Å². The molecule has 0 aromatic heterocycles. The largest absolute Gasteiger partial charge is 0.354 e. The van der Waals surface area contributed by atoms with Crippen molar-refractivity contribution in [3.63, 3.8) is 0 Å². The number of guanidine groups is 1. The van der Waals surface area contributed by atoms with Gasteiger partial charge in [-0.1, -0.05) is 12.1 Å². The Bertz CT molecular complexity index is 881. The van der Waals surface area contributed by atoms with Crippen molar-refractivity contribution < 1.29 is 16.8 Å². The van der Waals surface area contributed by atoms with E-state index >= 15 is 0 Å². The highest BCUT2D eigenvalue weighted by Crippen LogP contribution is 2.21. The average molecular weight is 559 g/mol. The lowest BCUT2D eigenvalue weighted by Crippen LogP contribution is -2.42. The van der Waals surface area contributed by atoms with Crippen molar-refractivity contribution in [2.24, 2.45) is 4.99 Å². The highest BCUT2D eigenvalue weighted by Gasteiger charge is 2.26. The smallest absolute Gasteiger partial charge is 0.243 e. The Hall–Kier alpha value is -0.920. The fourth-order valence-electron chi connectivity index (χ4n) is 2.93. The lowest BCUT2D eigenvalue weighted by Gasteiger charge is -2.18. The molecule has 0 saturated carbocycles. The summed E-state index contributed by atoms with van der Waals surface area (Å²) in [6, 6.07) is 6.80. The summed E-state index contributed by atoms with van der Waals surface area (Å²) in [4.78, 5) is 4.45. The molecule has 1 aromatic rings. The van der Waals surface area contributed by atoms with Crippen LogP contribution in [-0.4, -0.2) is 65.3 Å². The van der Waals surface area contributed by atoms with Gasteiger partial charge < -0.3 is 10.6 Å². The summed E-state index contributed by atoms with van der Waals surface area (Å²) in [7, 11) is -4.75. The quantitative estimate of drug-likeness (QED) is 0.285. The molecule has 8 nitrogen and oxygen atoms in total. The maximum absolute atomic E-state index is 12.5. The van der Waals surface area contributed by atoms with E-state index in [9.17, 15) is 16.8 Å². The molecule has 0 bridgehead atoms. The monoisotopic (exact) mass is 558 g/mol. The maximum atomic E-state index is 12.5. The summed E-state index contributed by atoms with van der Waals surface area (Å²) in [5.74, 6) is 0.681. The molecular weight excluding hydrogens is 527 g/mol. The molecule has 1 fully saturated rings. The van der Waals surface area contributed by atoms with Crippen molar-refractivity contribution >= 4 is 49.8 Å². The average Bonchev–Trinajstić information content (AvgIpc) is 3.19. The highest BCUT2D eigenvalue weighted by atomic mass is 127. The summed E-state index contributed by atoms with van der Waals surface area (Å²) in [5.41, 5.74) is 0.923. The molecule has 1 saturated heterocycles. The number of hydrogen-bond donors (Lipinski definition) is 2. The Labute approximate surface area is 191 Å². The third kappa shape index (κ3) is 8.38. The molecule has 1 aliphatic rings. The Morgan fingerprint density at radius 1 is 1.14 bits per heavy atom. The molecule has 11 heteroatoms. The highest BCUT2D eigenvalue weighted by molar-refractivity contribution is 14.0. The molecule has 1 aromatic carbocycles. The maximum Gasteiger partial charge on any atom is 0.243 e. The van der Waals surface area contributed by atoms with E-state index in [1.807, 2.05) is 6.92 Å². The molecule has 1 atom stereocenters. The van der Waals surface area contributed by atoms with E-state index in [-0.39, 0.29) is 35.8 Å². The molecule has 1 heterocycles.